The van der Waals surface area contributed by atoms with E-state index < -0.39 is 17.4 Å². The van der Waals surface area contributed by atoms with Crippen LogP contribution in [0.3, 0.4) is 0 Å². The zero-order valence-corrected chi connectivity index (χ0v) is 18.0. The number of hydrogen-bond donors (Lipinski definition) is 1. The minimum atomic E-state index is -0.608. The van der Waals surface area contributed by atoms with Crippen LogP contribution in [0.2, 0.25) is 0 Å². The van der Waals surface area contributed by atoms with Crippen molar-refractivity contribution in [1.82, 2.24) is 14.8 Å². The molecule has 2 aliphatic rings. The van der Waals surface area contributed by atoms with Crippen molar-refractivity contribution in [2.45, 2.75) is 51.7 Å². The van der Waals surface area contributed by atoms with Crippen molar-refractivity contribution in [3.05, 3.63) is 30.2 Å². The second kappa shape index (κ2) is 7.86. The van der Waals surface area contributed by atoms with Gasteiger partial charge < -0.3 is 14.2 Å². The van der Waals surface area contributed by atoms with E-state index in [1.54, 1.807) is 11.0 Å². The summed E-state index contributed by atoms with van der Waals surface area (Å²) in [6.07, 6.45) is 3.23. The third-order valence-electron chi connectivity index (χ3n) is 5.64. The van der Waals surface area contributed by atoms with Gasteiger partial charge >= 0.3 is 12.1 Å². The molecule has 2 aromatic rings. The zero-order chi connectivity index (χ0) is 22.3. The standard InChI is InChI=1S/C22H27FN4O4/c1-22(2,3)31-21(30)25-8-5-15(6-9-25)26-10-4-14-12-18(16(23)13-17(14)26)27-11-7-19(28)24-20(27)29/h4,10,12-13,15H,5-9,11H2,1-3H3,(H,24,28,29). The van der Waals surface area contributed by atoms with Gasteiger partial charge in [0.05, 0.1) is 11.2 Å². The quantitative estimate of drug-likeness (QED) is 0.786. The minimum Gasteiger partial charge on any atom is -0.444 e. The van der Waals surface area contributed by atoms with E-state index >= 15 is 0 Å². The topological polar surface area (TPSA) is 83.9 Å². The lowest BCUT2D eigenvalue weighted by atomic mass is 10.0. The highest BCUT2D eigenvalue weighted by molar-refractivity contribution is 6.06. The first kappa shape index (κ1) is 21.1. The molecule has 2 aliphatic heterocycles. The molecule has 0 bridgehead atoms. The Bertz CT molecular complexity index is 1030. The number of likely N-dealkylation sites (tertiary alicyclic amines) is 1. The molecule has 2 saturated heterocycles. The molecular formula is C22H27FN4O4. The van der Waals surface area contributed by atoms with Crippen LogP contribution in [0.4, 0.5) is 19.7 Å². The van der Waals surface area contributed by atoms with E-state index in [0.717, 1.165) is 23.7 Å². The predicted octanol–water partition coefficient (Wildman–Crippen LogP) is 3.80. The first-order valence-corrected chi connectivity index (χ1v) is 10.5. The number of urea groups is 1. The summed E-state index contributed by atoms with van der Waals surface area (Å²) in [5, 5.41) is 3.04. The molecule has 0 unspecified atom stereocenters. The molecule has 0 aliphatic carbocycles. The van der Waals surface area contributed by atoms with E-state index in [-0.39, 0.29) is 36.7 Å². The van der Waals surface area contributed by atoms with Crippen molar-refractivity contribution in [3.8, 4) is 0 Å². The van der Waals surface area contributed by atoms with Gasteiger partial charge in [0.25, 0.3) is 0 Å². The number of benzene rings is 1. The number of carbonyl (C=O) groups excluding carboxylic acids is 3. The number of aromatic nitrogens is 1. The maximum atomic E-state index is 14.9. The van der Waals surface area contributed by atoms with Crippen LogP contribution < -0.4 is 10.2 Å². The summed E-state index contributed by atoms with van der Waals surface area (Å²) >= 11 is 0. The molecule has 0 spiro atoms. The Balaban J connectivity index is 1.50. The van der Waals surface area contributed by atoms with E-state index in [9.17, 15) is 18.8 Å². The summed E-state index contributed by atoms with van der Waals surface area (Å²) in [5.74, 6) is -0.866. The summed E-state index contributed by atoms with van der Waals surface area (Å²) in [5.41, 5.74) is 0.374. The van der Waals surface area contributed by atoms with Gasteiger partial charge in [-0.05, 0) is 45.7 Å². The largest absolute Gasteiger partial charge is 0.444 e. The van der Waals surface area contributed by atoms with E-state index in [0.29, 0.717) is 13.1 Å². The van der Waals surface area contributed by atoms with Crippen LogP contribution in [0.1, 0.15) is 46.1 Å². The van der Waals surface area contributed by atoms with Crippen LogP contribution in [-0.4, -0.2) is 52.7 Å². The number of nitrogens with zero attached hydrogens (tertiary/aromatic N) is 3. The molecule has 0 atom stereocenters. The highest BCUT2D eigenvalue weighted by Gasteiger charge is 2.29. The Morgan fingerprint density at radius 2 is 1.87 bits per heavy atom. The Labute approximate surface area is 179 Å². The molecule has 8 nitrogen and oxygen atoms in total. The lowest BCUT2D eigenvalue weighted by molar-refractivity contribution is -0.120. The third-order valence-corrected chi connectivity index (χ3v) is 5.64. The van der Waals surface area contributed by atoms with Gasteiger partial charge in [-0.25, -0.2) is 14.0 Å². The first-order chi connectivity index (χ1) is 14.6. The maximum absolute atomic E-state index is 14.9. The molecule has 0 radical (unpaired) electrons. The van der Waals surface area contributed by atoms with Gasteiger partial charge in [0, 0.05) is 49.7 Å². The smallest absolute Gasteiger partial charge is 0.410 e. The number of imide groups is 1. The van der Waals surface area contributed by atoms with E-state index in [2.05, 4.69) is 5.32 Å². The van der Waals surface area contributed by atoms with E-state index in [1.165, 1.54) is 11.0 Å². The van der Waals surface area contributed by atoms with Crippen molar-refractivity contribution in [3.63, 3.8) is 0 Å². The molecule has 4 amide bonds. The normalized spacial score (nSPS) is 18.5. The number of anilines is 1. The fourth-order valence-electron chi connectivity index (χ4n) is 4.14. The molecule has 4 rings (SSSR count). The van der Waals surface area contributed by atoms with Crippen LogP contribution >= 0.6 is 0 Å². The third kappa shape index (κ3) is 4.35. The van der Waals surface area contributed by atoms with Crippen LogP contribution in [0.25, 0.3) is 10.9 Å². The van der Waals surface area contributed by atoms with Crippen LogP contribution in [-0.2, 0) is 9.53 Å². The zero-order valence-electron chi connectivity index (χ0n) is 18.0. The molecule has 1 N–H and O–H groups in total. The number of carbonyl (C=O) groups is 3. The molecule has 9 heteroatoms. The van der Waals surface area contributed by atoms with Gasteiger partial charge in [0.1, 0.15) is 11.4 Å². The molecule has 1 aromatic heterocycles. The van der Waals surface area contributed by atoms with Crippen molar-refractivity contribution in [2.24, 2.45) is 0 Å². The van der Waals surface area contributed by atoms with Crippen molar-refractivity contribution < 1.29 is 23.5 Å². The van der Waals surface area contributed by atoms with Crippen LogP contribution in [0.5, 0.6) is 0 Å². The van der Waals surface area contributed by atoms with Crippen LogP contribution in [0.15, 0.2) is 24.4 Å². The van der Waals surface area contributed by atoms with Gasteiger partial charge in [-0.15, -0.1) is 0 Å². The molecule has 0 saturated carbocycles. The molecule has 3 heterocycles. The number of piperidine rings is 1. The summed E-state index contributed by atoms with van der Waals surface area (Å²) < 4.78 is 22.4. The number of amides is 4. The van der Waals surface area contributed by atoms with Crippen molar-refractivity contribution in [1.29, 1.82) is 0 Å². The summed E-state index contributed by atoms with van der Waals surface area (Å²) in [6.45, 7) is 6.83. The summed E-state index contributed by atoms with van der Waals surface area (Å²) in [4.78, 5) is 38.7. The molecule has 1 aromatic carbocycles. The highest BCUT2D eigenvalue weighted by atomic mass is 19.1. The maximum Gasteiger partial charge on any atom is 0.410 e. The Morgan fingerprint density at radius 3 is 2.52 bits per heavy atom. The van der Waals surface area contributed by atoms with Gasteiger partial charge in [0.2, 0.25) is 5.91 Å². The molecule has 2 fully saturated rings. The average molecular weight is 430 g/mol. The number of ether oxygens (including phenoxy) is 1. The average Bonchev–Trinajstić information content (AvgIpc) is 3.09. The van der Waals surface area contributed by atoms with E-state index in [4.69, 9.17) is 4.74 Å². The number of rotatable bonds is 2. The van der Waals surface area contributed by atoms with Gasteiger partial charge in [0.15, 0.2) is 0 Å². The molecular weight excluding hydrogens is 403 g/mol. The van der Waals surface area contributed by atoms with Gasteiger partial charge in [-0.1, -0.05) is 0 Å². The summed E-state index contributed by atoms with van der Waals surface area (Å²) in [7, 11) is 0. The second-order valence-corrected chi connectivity index (χ2v) is 9.04. The van der Waals surface area contributed by atoms with Gasteiger partial charge in [-0.3, -0.25) is 15.0 Å². The Morgan fingerprint density at radius 1 is 1.16 bits per heavy atom. The number of halogens is 1. The Hall–Kier alpha value is -3.10. The van der Waals surface area contributed by atoms with Crippen molar-refractivity contribution in [2.75, 3.05) is 24.5 Å². The minimum absolute atomic E-state index is 0.136. The number of nitrogens with one attached hydrogen (secondary N) is 1. The van der Waals surface area contributed by atoms with Crippen molar-refractivity contribution >= 4 is 34.6 Å². The van der Waals surface area contributed by atoms with E-state index in [1.807, 2.05) is 37.6 Å². The number of fused-ring (bicyclic) bond motifs is 1. The predicted molar refractivity (Wildman–Crippen MR) is 113 cm³/mol. The summed E-state index contributed by atoms with van der Waals surface area (Å²) in [6, 6.07) is 4.51. The lowest BCUT2D eigenvalue weighted by Crippen LogP contribution is -2.49. The fraction of sp³-hybridized carbons (Fsp3) is 0.500. The van der Waals surface area contributed by atoms with Gasteiger partial charge in [-0.2, -0.15) is 0 Å². The van der Waals surface area contributed by atoms with Crippen LogP contribution in [0, 0.1) is 5.82 Å². The fourth-order valence-corrected chi connectivity index (χ4v) is 4.14. The molecule has 166 valence electrons. The first-order valence-electron chi connectivity index (χ1n) is 10.5. The number of hydrogen-bond acceptors (Lipinski definition) is 4. The Kier molecular flexibility index (Phi) is 5.36. The monoisotopic (exact) mass is 430 g/mol. The lowest BCUT2D eigenvalue weighted by Gasteiger charge is -2.34. The molecule has 31 heavy (non-hydrogen) atoms. The SMILES string of the molecule is CC(C)(C)OC(=O)N1CCC(n2ccc3cc(N4CCC(=O)NC4=O)c(F)cc32)CC1. The highest BCUT2D eigenvalue weighted by Crippen LogP contribution is 2.32. The second-order valence-electron chi connectivity index (χ2n) is 9.04.